The number of ketones is 1. The average molecular weight is 450 g/mol. The van der Waals surface area contributed by atoms with Crippen LogP contribution in [0.15, 0.2) is 48.8 Å². The Bertz CT molecular complexity index is 1150. The van der Waals surface area contributed by atoms with Crippen LogP contribution < -0.4 is 21.7 Å². The number of nitrogens with two attached hydrogens (primary N) is 1. The van der Waals surface area contributed by atoms with Gasteiger partial charge in [0.1, 0.15) is 12.2 Å². The molecule has 0 radical (unpaired) electrons. The van der Waals surface area contributed by atoms with Gasteiger partial charge in [-0.3, -0.25) is 9.20 Å². The van der Waals surface area contributed by atoms with Crippen molar-refractivity contribution < 1.29 is 22.8 Å². The van der Waals surface area contributed by atoms with Crippen LogP contribution in [0.3, 0.4) is 0 Å². The van der Waals surface area contributed by atoms with Crippen molar-refractivity contribution in [2.24, 2.45) is 5.73 Å². The molecule has 0 atom stereocenters. The first-order valence-corrected chi connectivity index (χ1v) is 9.29. The van der Waals surface area contributed by atoms with Crippen molar-refractivity contribution in [3.63, 3.8) is 0 Å². The van der Waals surface area contributed by atoms with Crippen LogP contribution in [0, 0.1) is 0 Å². The number of anilines is 1. The minimum absolute atomic E-state index is 0.0260. The minimum atomic E-state index is -4.50. The average Bonchev–Trinajstić information content (AvgIpc) is 3.13. The second-order valence-electron chi connectivity index (χ2n) is 6.43. The molecule has 31 heavy (non-hydrogen) atoms. The molecule has 3 aromatic rings. The minimum Gasteiger partial charge on any atom is -0.376 e. The molecule has 0 aliphatic carbocycles. The van der Waals surface area contributed by atoms with Crippen molar-refractivity contribution in [3.8, 4) is 11.3 Å². The topological polar surface area (TPSA) is 114 Å². The Hall–Kier alpha value is -3.67. The fraction of sp³-hybridized carbons (Fsp3) is 0.158. The van der Waals surface area contributed by atoms with Gasteiger partial charge in [0.2, 0.25) is 0 Å². The molecule has 2 aromatic heterocycles. The number of urea groups is 1. The molecule has 162 valence electrons. The molecule has 0 fully saturated rings. The highest BCUT2D eigenvalue weighted by atomic mass is 32.1. The third-order valence-corrected chi connectivity index (χ3v) is 4.27. The Morgan fingerprint density at radius 1 is 1.16 bits per heavy atom. The van der Waals surface area contributed by atoms with Crippen LogP contribution in [0.4, 0.5) is 23.7 Å². The number of amides is 2. The Morgan fingerprint density at radius 3 is 2.65 bits per heavy atom. The molecule has 1 aromatic carbocycles. The summed E-state index contributed by atoms with van der Waals surface area (Å²) in [7, 11) is 0. The zero-order valence-corrected chi connectivity index (χ0v) is 16.7. The number of carbonyl (C=O) groups excluding carboxylic acids is 2. The molecular formula is C19H17F3N6O2S. The van der Waals surface area contributed by atoms with E-state index in [0.29, 0.717) is 28.2 Å². The number of imidazole rings is 1. The smallest absolute Gasteiger partial charge is 0.376 e. The molecule has 12 heteroatoms. The van der Waals surface area contributed by atoms with Crippen molar-refractivity contribution in [2.45, 2.75) is 6.18 Å². The van der Waals surface area contributed by atoms with Gasteiger partial charge in [-0.25, -0.2) is 9.78 Å². The third kappa shape index (κ3) is 5.92. The molecule has 2 amide bonds. The van der Waals surface area contributed by atoms with Crippen molar-refractivity contribution in [1.82, 2.24) is 20.0 Å². The first-order chi connectivity index (χ1) is 14.6. The van der Waals surface area contributed by atoms with Gasteiger partial charge in [-0.05, 0) is 36.5 Å². The number of nitrogens with one attached hydrogen (secondary N) is 3. The summed E-state index contributed by atoms with van der Waals surface area (Å²) in [6.07, 6.45) is -1.25. The van der Waals surface area contributed by atoms with Crippen molar-refractivity contribution in [2.75, 3.05) is 18.4 Å². The van der Waals surface area contributed by atoms with Gasteiger partial charge in [0.05, 0.1) is 18.4 Å². The summed E-state index contributed by atoms with van der Waals surface area (Å²) in [5, 5.41) is 6.72. The van der Waals surface area contributed by atoms with Crippen molar-refractivity contribution in [1.29, 1.82) is 0 Å². The monoisotopic (exact) mass is 450 g/mol. The number of rotatable bonds is 6. The highest BCUT2D eigenvalue weighted by molar-refractivity contribution is 7.80. The highest BCUT2D eigenvalue weighted by Crippen LogP contribution is 2.24. The lowest BCUT2D eigenvalue weighted by atomic mass is 10.1. The van der Waals surface area contributed by atoms with E-state index in [2.05, 4.69) is 27.8 Å². The number of nitrogens with zero attached hydrogens (tertiary/aromatic N) is 2. The summed E-state index contributed by atoms with van der Waals surface area (Å²) >= 11 is 4.68. The van der Waals surface area contributed by atoms with Crippen LogP contribution >= 0.6 is 12.2 Å². The highest BCUT2D eigenvalue weighted by Gasteiger charge is 2.27. The summed E-state index contributed by atoms with van der Waals surface area (Å²) in [6.45, 7) is -1.47. The van der Waals surface area contributed by atoms with Gasteiger partial charge in [-0.2, -0.15) is 13.2 Å². The SMILES string of the molecule is NC(=S)NCC(=O)c1ccn2c(-c3cccc(NC(=O)NCC(F)(F)F)c3)cnc2c1. The lowest BCUT2D eigenvalue weighted by Crippen LogP contribution is -2.36. The van der Waals surface area contributed by atoms with Crippen LogP contribution in [0.1, 0.15) is 10.4 Å². The first kappa shape index (κ1) is 22.0. The zero-order valence-electron chi connectivity index (χ0n) is 15.9. The summed E-state index contributed by atoms with van der Waals surface area (Å²) in [6, 6.07) is 8.81. The molecule has 0 unspecified atom stereocenters. The summed E-state index contributed by atoms with van der Waals surface area (Å²) in [5.41, 5.74) is 7.89. The van der Waals surface area contributed by atoms with E-state index in [4.69, 9.17) is 5.73 Å². The maximum Gasteiger partial charge on any atom is 0.405 e. The number of hydrogen-bond acceptors (Lipinski definition) is 4. The molecule has 0 aliphatic rings. The van der Waals surface area contributed by atoms with E-state index in [-0.39, 0.29) is 17.4 Å². The number of halogens is 3. The van der Waals surface area contributed by atoms with E-state index in [9.17, 15) is 22.8 Å². The molecule has 3 rings (SSSR count). The number of carbonyl (C=O) groups is 2. The van der Waals surface area contributed by atoms with Gasteiger partial charge >= 0.3 is 12.2 Å². The molecule has 0 saturated heterocycles. The van der Waals surface area contributed by atoms with Crippen molar-refractivity contribution >= 4 is 40.5 Å². The van der Waals surface area contributed by atoms with Crippen molar-refractivity contribution in [3.05, 3.63) is 54.4 Å². The third-order valence-electron chi connectivity index (χ3n) is 4.12. The summed E-state index contributed by atoms with van der Waals surface area (Å²) in [5.74, 6) is -0.212. The molecule has 2 heterocycles. The van der Waals surface area contributed by atoms with E-state index in [1.54, 1.807) is 58.5 Å². The molecule has 0 bridgehead atoms. The maximum atomic E-state index is 12.2. The van der Waals surface area contributed by atoms with Crippen LogP contribution in [-0.4, -0.2) is 45.6 Å². The Labute approximate surface area is 179 Å². The number of alkyl halides is 3. The summed E-state index contributed by atoms with van der Waals surface area (Å²) < 4.78 is 38.4. The number of aromatic nitrogens is 2. The maximum absolute atomic E-state index is 12.2. The summed E-state index contributed by atoms with van der Waals surface area (Å²) in [4.78, 5) is 28.2. The second kappa shape index (κ2) is 9.00. The number of hydrogen-bond donors (Lipinski definition) is 4. The molecule has 0 spiro atoms. The van der Waals surface area contributed by atoms with E-state index < -0.39 is 18.8 Å². The molecular weight excluding hydrogens is 433 g/mol. The number of thiocarbonyl (C=S) groups is 1. The standard InChI is InChI=1S/C19H17F3N6O2S/c20-19(21,22)10-26-18(30)27-13-3-1-2-11(6-13)14-8-24-16-7-12(4-5-28(14)16)15(29)9-25-17(23)31/h1-8H,9-10H2,(H3,23,25,31)(H2,26,27,30). The van der Waals surface area contributed by atoms with Gasteiger partial charge < -0.3 is 21.7 Å². The van der Waals surface area contributed by atoms with Gasteiger partial charge in [0.25, 0.3) is 0 Å². The van der Waals surface area contributed by atoms with Gasteiger partial charge in [0, 0.05) is 23.0 Å². The number of pyridine rings is 1. The largest absolute Gasteiger partial charge is 0.405 e. The number of fused-ring (bicyclic) bond motifs is 1. The van der Waals surface area contributed by atoms with Gasteiger partial charge in [0.15, 0.2) is 10.9 Å². The predicted octanol–water partition coefficient (Wildman–Crippen LogP) is 2.70. The zero-order chi connectivity index (χ0) is 22.6. The van der Waals surface area contributed by atoms with Gasteiger partial charge in [-0.1, -0.05) is 12.1 Å². The predicted molar refractivity (Wildman–Crippen MR) is 113 cm³/mol. The lowest BCUT2D eigenvalue weighted by molar-refractivity contribution is -0.122. The second-order valence-corrected chi connectivity index (χ2v) is 6.87. The lowest BCUT2D eigenvalue weighted by Gasteiger charge is -2.11. The van der Waals surface area contributed by atoms with Crippen LogP contribution in [0.5, 0.6) is 0 Å². The fourth-order valence-corrected chi connectivity index (χ4v) is 2.82. The van der Waals surface area contributed by atoms with Crippen LogP contribution in [0.2, 0.25) is 0 Å². The number of Topliss-reactive ketones (excluding diaryl/α,β-unsaturated/α-hetero) is 1. The molecule has 0 aliphatic heterocycles. The normalized spacial score (nSPS) is 11.2. The quantitative estimate of drug-likeness (QED) is 0.339. The van der Waals surface area contributed by atoms with E-state index in [0.717, 1.165) is 0 Å². The Kier molecular flexibility index (Phi) is 6.39. The Morgan fingerprint density at radius 2 is 1.94 bits per heavy atom. The van der Waals surface area contributed by atoms with Crippen LogP contribution in [-0.2, 0) is 0 Å². The Balaban J connectivity index is 1.78. The number of benzene rings is 1. The fourth-order valence-electron chi connectivity index (χ4n) is 2.75. The molecule has 8 nitrogen and oxygen atoms in total. The first-order valence-electron chi connectivity index (χ1n) is 8.88. The molecule has 5 N–H and O–H groups in total. The van der Waals surface area contributed by atoms with E-state index in [1.807, 2.05) is 0 Å². The van der Waals surface area contributed by atoms with Gasteiger partial charge in [-0.15, -0.1) is 0 Å². The van der Waals surface area contributed by atoms with E-state index in [1.165, 1.54) is 0 Å². The molecule has 0 saturated carbocycles. The van der Waals surface area contributed by atoms with E-state index >= 15 is 0 Å². The van der Waals surface area contributed by atoms with Crippen LogP contribution in [0.25, 0.3) is 16.9 Å².